The Labute approximate surface area is 134 Å². The maximum Gasteiger partial charge on any atom is 0.291 e. The minimum atomic E-state index is -0.265. The highest BCUT2D eigenvalue weighted by Gasteiger charge is 2.22. The van der Waals surface area contributed by atoms with E-state index < -0.39 is 0 Å². The maximum atomic E-state index is 12.2. The number of benzene rings is 2. The van der Waals surface area contributed by atoms with Crippen LogP contribution in [0.3, 0.4) is 0 Å². The average Bonchev–Trinajstić information content (AvgIpc) is 2.49. The fourth-order valence-electron chi connectivity index (χ4n) is 2.14. The van der Waals surface area contributed by atoms with Crippen molar-refractivity contribution < 1.29 is 9.53 Å². The quantitative estimate of drug-likeness (QED) is 0.858. The summed E-state index contributed by atoms with van der Waals surface area (Å²) in [5.41, 5.74) is 2.51. The first-order valence-electron chi connectivity index (χ1n) is 6.81. The Balaban J connectivity index is 1.91. The van der Waals surface area contributed by atoms with Gasteiger partial charge >= 0.3 is 0 Å². The van der Waals surface area contributed by atoms with Crippen molar-refractivity contribution in [3.05, 3.63) is 58.8 Å². The van der Waals surface area contributed by atoms with Gasteiger partial charge in [-0.1, -0.05) is 23.7 Å². The van der Waals surface area contributed by atoms with E-state index >= 15 is 0 Å². The molecule has 1 amide bonds. The maximum absolute atomic E-state index is 12.2. The molecule has 0 aliphatic carbocycles. The zero-order valence-corrected chi connectivity index (χ0v) is 13.0. The molecule has 22 heavy (non-hydrogen) atoms. The normalized spacial score (nSPS) is 15.0. The third-order valence-electron chi connectivity index (χ3n) is 3.34. The van der Waals surface area contributed by atoms with E-state index in [2.05, 4.69) is 5.32 Å². The molecule has 1 heterocycles. The van der Waals surface area contributed by atoms with E-state index in [0.29, 0.717) is 16.5 Å². The molecular formula is C17H15ClN2O2. The Morgan fingerprint density at radius 1 is 1.14 bits per heavy atom. The molecule has 0 spiro atoms. The van der Waals surface area contributed by atoms with Gasteiger partial charge in [0.25, 0.3) is 5.91 Å². The molecule has 0 atom stereocenters. The predicted molar refractivity (Wildman–Crippen MR) is 89.5 cm³/mol. The van der Waals surface area contributed by atoms with Crippen molar-refractivity contribution in [1.82, 2.24) is 0 Å². The van der Waals surface area contributed by atoms with E-state index in [0.717, 1.165) is 11.3 Å². The molecule has 1 N–H and O–H groups in total. The van der Waals surface area contributed by atoms with Crippen LogP contribution in [-0.2, 0) is 4.79 Å². The van der Waals surface area contributed by atoms with E-state index in [1.165, 1.54) is 0 Å². The molecule has 0 saturated heterocycles. The summed E-state index contributed by atoms with van der Waals surface area (Å²) in [5, 5.41) is 3.50. The Kier molecular flexibility index (Phi) is 3.77. The molecule has 1 aliphatic rings. The molecule has 0 unspecified atom stereocenters. The van der Waals surface area contributed by atoms with Crippen LogP contribution in [0.15, 0.2) is 48.2 Å². The first kappa shape index (κ1) is 14.5. The number of fused-ring (bicyclic) bond motifs is 1. The number of nitrogens with one attached hydrogen (secondary N) is 1. The van der Waals surface area contributed by atoms with Crippen molar-refractivity contribution in [2.24, 2.45) is 0 Å². The number of carbonyl (C=O) groups is 1. The zero-order valence-electron chi connectivity index (χ0n) is 12.3. The van der Waals surface area contributed by atoms with Crippen LogP contribution in [0.1, 0.15) is 5.56 Å². The molecule has 3 rings (SSSR count). The topological polar surface area (TPSA) is 41.6 Å². The van der Waals surface area contributed by atoms with E-state index in [4.69, 9.17) is 16.3 Å². The summed E-state index contributed by atoms with van der Waals surface area (Å²) in [6.07, 6.45) is 1.69. The standard InChI is InChI=1S/C17H15ClN2O2/c1-20(2)13-7-8-15-14(10-13)19-17(21)16(22-15)9-11-3-5-12(18)6-4-11/h3-10H,1-2H3,(H,19,21)/b16-9-. The molecule has 0 saturated carbocycles. The van der Waals surface area contributed by atoms with Crippen molar-refractivity contribution >= 4 is 35.0 Å². The summed E-state index contributed by atoms with van der Waals surface area (Å²) in [5.74, 6) is 0.621. The molecule has 112 valence electrons. The lowest BCUT2D eigenvalue weighted by molar-refractivity contribution is -0.115. The Morgan fingerprint density at radius 2 is 1.86 bits per heavy atom. The number of hydrogen-bond donors (Lipinski definition) is 1. The third-order valence-corrected chi connectivity index (χ3v) is 3.59. The monoisotopic (exact) mass is 314 g/mol. The van der Waals surface area contributed by atoms with Crippen LogP contribution in [0, 0.1) is 0 Å². The summed E-state index contributed by atoms with van der Waals surface area (Å²) in [7, 11) is 3.89. The van der Waals surface area contributed by atoms with Gasteiger partial charge in [0.2, 0.25) is 0 Å². The van der Waals surface area contributed by atoms with Crippen LogP contribution in [0.25, 0.3) is 6.08 Å². The first-order chi connectivity index (χ1) is 10.5. The molecular weight excluding hydrogens is 300 g/mol. The van der Waals surface area contributed by atoms with Gasteiger partial charge in [0.1, 0.15) is 0 Å². The van der Waals surface area contributed by atoms with Crippen molar-refractivity contribution in [2.45, 2.75) is 0 Å². The fourth-order valence-corrected chi connectivity index (χ4v) is 2.26. The van der Waals surface area contributed by atoms with Crippen LogP contribution >= 0.6 is 11.6 Å². The van der Waals surface area contributed by atoms with Gasteiger partial charge in [-0.15, -0.1) is 0 Å². The third kappa shape index (κ3) is 2.92. The number of rotatable bonds is 2. The number of halogens is 1. The molecule has 2 aromatic carbocycles. The van der Waals surface area contributed by atoms with Crippen LogP contribution in [0.5, 0.6) is 5.75 Å². The van der Waals surface area contributed by atoms with Crippen molar-refractivity contribution in [3.8, 4) is 5.75 Å². The lowest BCUT2D eigenvalue weighted by atomic mass is 10.1. The summed E-state index contributed by atoms with van der Waals surface area (Å²) in [6.45, 7) is 0. The highest BCUT2D eigenvalue weighted by atomic mass is 35.5. The van der Waals surface area contributed by atoms with Gasteiger partial charge in [-0.2, -0.15) is 0 Å². The van der Waals surface area contributed by atoms with Gasteiger partial charge in [0.05, 0.1) is 5.69 Å². The summed E-state index contributed by atoms with van der Waals surface area (Å²) in [4.78, 5) is 14.1. The van der Waals surface area contributed by atoms with Gasteiger partial charge in [-0.3, -0.25) is 4.79 Å². The number of anilines is 2. The Hall–Kier alpha value is -2.46. The Bertz CT molecular complexity index is 752. The highest BCUT2D eigenvalue weighted by Crippen LogP contribution is 2.34. The minimum absolute atomic E-state index is 0.257. The van der Waals surface area contributed by atoms with Gasteiger partial charge in [-0.05, 0) is 42.0 Å². The second kappa shape index (κ2) is 5.73. The summed E-state index contributed by atoms with van der Waals surface area (Å²) < 4.78 is 5.71. The first-order valence-corrected chi connectivity index (χ1v) is 7.18. The molecule has 0 fully saturated rings. The summed E-state index contributed by atoms with van der Waals surface area (Å²) in [6, 6.07) is 12.9. The van der Waals surface area contributed by atoms with Gasteiger partial charge in [0.15, 0.2) is 11.5 Å². The van der Waals surface area contributed by atoms with Gasteiger partial charge in [0, 0.05) is 24.8 Å². The number of ether oxygens (including phenoxy) is 1. The lowest BCUT2D eigenvalue weighted by Gasteiger charge is -2.22. The van der Waals surface area contributed by atoms with Crippen molar-refractivity contribution in [3.63, 3.8) is 0 Å². The van der Waals surface area contributed by atoms with Crippen LogP contribution in [0.4, 0.5) is 11.4 Å². The van der Waals surface area contributed by atoms with Crippen LogP contribution < -0.4 is 15.0 Å². The SMILES string of the molecule is CN(C)c1ccc2c(c1)NC(=O)/C(=C/c1ccc(Cl)cc1)O2. The smallest absolute Gasteiger partial charge is 0.291 e. The number of nitrogens with zero attached hydrogens (tertiary/aromatic N) is 1. The van der Waals surface area contributed by atoms with Gasteiger partial charge < -0.3 is 15.0 Å². The molecule has 4 nitrogen and oxygen atoms in total. The molecule has 0 radical (unpaired) electrons. The zero-order chi connectivity index (χ0) is 15.7. The number of carbonyl (C=O) groups excluding carboxylic acids is 1. The Morgan fingerprint density at radius 3 is 2.55 bits per heavy atom. The molecule has 1 aliphatic heterocycles. The summed E-state index contributed by atoms with van der Waals surface area (Å²) >= 11 is 5.86. The fraction of sp³-hybridized carbons (Fsp3) is 0.118. The lowest BCUT2D eigenvalue weighted by Crippen LogP contribution is -2.23. The van der Waals surface area contributed by atoms with E-state index in [-0.39, 0.29) is 11.7 Å². The number of hydrogen-bond acceptors (Lipinski definition) is 3. The number of amides is 1. The van der Waals surface area contributed by atoms with E-state index in [1.807, 2.05) is 49.3 Å². The predicted octanol–water partition coefficient (Wildman–Crippen LogP) is 3.78. The van der Waals surface area contributed by atoms with Gasteiger partial charge in [-0.25, -0.2) is 0 Å². The van der Waals surface area contributed by atoms with Crippen molar-refractivity contribution in [1.29, 1.82) is 0 Å². The van der Waals surface area contributed by atoms with E-state index in [1.54, 1.807) is 18.2 Å². The van der Waals surface area contributed by atoms with Crippen LogP contribution in [-0.4, -0.2) is 20.0 Å². The highest BCUT2D eigenvalue weighted by molar-refractivity contribution is 6.30. The molecule has 0 bridgehead atoms. The average molecular weight is 315 g/mol. The second-order valence-electron chi connectivity index (χ2n) is 5.19. The van der Waals surface area contributed by atoms with E-state index in [9.17, 15) is 4.79 Å². The second-order valence-corrected chi connectivity index (χ2v) is 5.63. The molecule has 5 heteroatoms. The largest absolute Gasteiger partial charge is 0.449 e. The molecule has 0 aromatic heterocycles. The molecule has 2 aromatic rings. The van der Waals surface area contributed by atoms with Crippen molar-refractivity contribution in [2.75, 3.05) is 24.3 Å². The van der Waals surface area contributed by atoms with Crippen LogP contribution in [0.2, 0.25) is 5.02 Å². The minimum Gasteiger partial charge on any atom is -0.449 e.